The first-order chi connectivity index (χ1) is 14.7. The molecule has 32 heavy (non-hydrogen) atoms. The maximum atomic E-state index is 4.93. The van der Waals surface area contributed by atoms with Crippen LogP contribution < -0.4 is 0 Å². The molecule has 0 aliphatic carbocycles. The van der Waals surface area contributed by atoms with Gasteiger partial charge in [0.05, 0.1) is 0 Å². The van der Waals surface area contributed by atoms with Crippen molar-refractivity contribution in [3.05, 3.63) is 64.7 Å². The molecule has 0 radical (unpaired) electrons. The van der Waals surface area contributed by atoms with Gasteiger partial charge in [-0.05, 0) is 39.4 Å². The minimum absolute atomic E-state index is 0.122. The molecule has 0 spiro atoms. The maximum absolute atomic E-state index is 4.93. The Hall–Kier alpha value is -0.487. The summed E-state index contributed by atoms with van der Waals surface area (Å²) < 4.78 is 0. The van der Waals surface area contributed by atoms with Crippen molar-refractivity contribution in [1.82, 2.24) is 0 Å². The summed E-state index contributed by atoms with van der Waals surface area (Å²) in [5.74, 6) is 1.03. The molecule has 0 heterocycles. The monoisotopic (exact) mass is 547 g/mol. The molecule has 3 aromatic carbocycles. The van der Waals surface area contributed by atoms with Gasteiger partial charge in [-0.1, -0.05) is 98.6 Å². The second-order valence-corrected chi connectivity index (χ2v) is 15.2. The third kappa shape index (κ3) is 6.55. The molecule has 0 amide bonds. The van der Waals surface area contributed by atoms with E-state index in [1.165, 1.54) is 44.2 Å². The number of fused-ring (bicyclic) bond motifs is 1. The van der Waals surface area contributed by atoms with Crippen molar-refractivity contribution in [2.24, 2.45) is 0 Å². The Morgan fingerprint density at radius 1 is 0.750 bits per heavy atom. The fourth-order valence-electron chi connectivity index (χ4n) is 4.10. The zero-order valence-corrected chi connectivity index (χ0v) is 25.4. The summed E-state index contributed by atoms with van der Waals surface area (Å²) in [6, 6.07) is 16.8. The van der Waals surface area contributed by atoms with Crippen LogP contribution in [0.3, 0.4) is 0 Å². The topological polar surface area (TPSA) is 0 Å². The summed E-state index contributed by atoms with van der Waals surface area (Å²) in [5, 5.41) is 2.78. The quantitative estimate of drug-likeness (QED) is 0.285. The van der Waals surface area contributed by atoms with Crippen LogP contribution in [0.25, 0.3) is 21.9 Å². The van der Waals surface area contributed by atoms with E-state index in [0.29, 0.717) is 11.8 Å². The zero-order chi connectivity index (χ0) is 24.4. The van der Waals surface area contributed by atoms with Crippen molar-refractivity contribution in [3.63, 3.8) is 0 Å². The van der Waals surface area contributed by atoms with Crippen LogP contribution in [-0.4, -0.2) is 0 Å². The van der Waals surface area contributed by atoms with Crippen LogP contribution in [0, 0.1) is 0 Å². The van der Waals surface area contributed by atoms with E-state index in [2.05, 4.69) is 112 Å². The molecule has 0 aliphatic rings. The summed E-state index contributed by atoms with van der Waals surface area (Å²) in [5.41, 5.74) is 8.77. The first kappa shape index (κ1) is 27.8. The molecular formula is C29H39Cl2Zr-. The Kier molecular flexibility index (Phi) is 9.40. The van der Waals surface area contributed by atoms with Gasteiger partial charge in [0.1, 0.15) is 0 Å². The van der Waals surface area contributed by atoms with E-state index in [0.717, 1.165) is 0 Å². The average Bonchev–Trinajstić information content (AvgIpc) is 3.10. The van der Waals surface area contributed by atoms with Crippen LogP contribution in [-0.2, 0) is 31.7 Å². The van der Waals surface area contributed by atoms with E-state index in [1.807, 2.05) is 0 Å². The molecule has 3 aromatic rings. The van der Waals surface area contributed by atoms with E-state index >= 15 is 0 Å². The van der Waals surface area contributed by atoms with Crippen LogP contribution in [0.4, 0.5) is 0 Å². The molecule has 174 valence electrons. The fourth-order valence-corrected chi connectivity index (χ4v) is 4.10. The Balaban J connectivity index is 0.00000114. The van der Waals surface area contributed by atoms with E-state index in [9.17, 15) is 0 Å². The van der Waals surface area contributed by atoms with Crippen molar-refractivity contribution in [2.75, 3.05) is 0 Å². The van der Waals surface area contributed by atoms with E-state index in [4.69, 9.17) is 17.0 Å². The van der Waals surface area contributed by atoms with Gasteiger partial charge in [0, 0.05) is 0 Å². The summed E-state index contributed by atoms with van der Waals surface area (Å²) in [7, 11) is 9.87. The SMILES string of the molecule is CC(C)c1cc2c(-c3cc(C(C)(C)C)cc(C(C)(C)C)c3)c(C(C)C)ccc2[cH-]1.[Cl][Zr][Cl]. The van der Waals surface area contributed by atoms with Crippen molar-refractivity contribution in [1.29, 1.82) is 0 Å². The van der Waals surface area contributed by atoms with Crippen LogP contribution in [0.1, 0.15) is 103 Å². The van der Waals surface area contributed by atoms with Crippen molar-refractivity contribution >= 4 is 27.8 Å². The predicted octanol–water partition coefficient (Wildman–Crippen LogP) is 10.4. The van der Waals surface area contributed by atoms with Gasteiger partial charge in [-0.25, -0.2) is 0 Å². The first-order valence-electron chi connectivity index (χ1n) is 11.6. The molecule has 3 rings (SSSR count). The van der Waals surface area contributed by atoms with Crippen LogP contribution in [0.2, 0.25) is 0 Å². The molecule has 0 fully saturated rings. The summed E-state index contributed by atoms with van der Waals surface area (Å²) in [4.78, 5) is 0. The predicted molar refractivity (Wildman–Crippen MR) is 142 cm³/mol. The zero-order valence-electron chi connectivity index (χ0n) is 21.5. The normalized spacial score (nSPS) is 12.3. The molecule has 0 saturated heterocycles. The van der Waals surface area contributed by atoms with Gasteiger partial charge in [-0.2, -0.15) is 6.07 Å². The molecule has 0 saturated carbocycles. The number of halogens is 2. The standard InChI is InChI=1S/C29H39.2ClH.Zr/c1-18(2)21-13-20-11-12-25(19(3)4)27(26(20)16-21)22-14-23(28(5,6)7)17-24(15-22)29(8,9)10;;;/h11-19H,1-10H3;2*1H;/q-1;;;+2/p-2. The van der Waals surface area contributed by atoms with Crippen molar-refractivity contribution in [2.45, 2.75) is 91.9 Å². The van der Waals surface area contributed by atoms with Gasteiger partial charge >= 0.3 is 37.9 Å². The Morgan fingerprint density at radius 2 is 1.25 bits per heavy atom. The molecular weight excluding hydrogens is 510 g/mol. The van der Waals surface area contributed by atoms with Crippen molar-refractivity contribution < 1.29 is 20.8 Å². The number of hydrogen-bond acceptors (Lipinski definition) is 0. The van der Waals surface area contributed by atoms with E-state index in [-0.39, 0.29) is 10.8 Å². The van der Waals surface area contributed by atoms with Gasteiger partial charge < -0.3 is 0 Å². The first-order valence-corrected chi connectivity index (χ1v) is 17.9. The second-order valence-electron chi connectivity index (χ2n) is 11.5. The molecule has 0 N–H and O–H groups in total. The van der Waals surface area contributed by atoms with Crippen molar-refractivity contribution in [3.8, 4) is 11.1 Å². The van der Waals surface area contributed by atoms with Gasteiger partial charge in [-0.3, -0.25) is 0 Å². The third-order valence-corrected chi connectivity index (χ3v) is 6.19. The fraction of sp³-hybridized carbons (Fsp3) is 0.483. The molecule has 3 heteroatoms. The minimum atomic E-state index is -0.826. The summed E-state index contributed by atoms with van der Waals surface area (Å²) in [6.07, 6.45) is 0. The molecule has 0 atom stereocenters. The van der Waals surface area contributed by atoms with Gasteiger partial charge in [0.25, 0.3) is 0 Å². The van der Waals surface area contributed by atoms with Gasteiger partial charge in [-0.15, -0.1) is 34.5 Å². The van der Waals surface area contributed by atoms with E-state index in [1.54, 1.807) is 0 Å². The average molecular weight is 550 g/mol. The van der Waals surface area contributed by atoms with Crippen LogP contribution in [0.5, 0.6) is 0 Å². The third-order valence-electron chi connectivity index (χ3n) is 6.19. The molecule has 0 nitrogen and oxygen atoms in total. The Morgan fingerprint density at radius 3 is 1.66 bits per heavy atom. The van der Waals surface area contributed by atoms with Gasteiger partial charge in [0.15, 0.2) is 0 Å². The number of benzene rings is 2. The number of rotatable bonds is 3. The molecule has 0 aromatic heterocycles. The molecule has 0 bridgehead atoms. The van der Waals surface area contributed by atoms with E-state index < -0.39 is 20.8 Å². The Bertz CT molecular complexity index is 1010. The Labute approximate surface area is 215 Å². The number of hydrogen-bond donors (Lipinski definition) is 0. The summed E-state index contributed by atoms with van der Waals surface area (Å²) >= 11 is -0.826. The van der Waals surface area contributed by atoms with Gasteiger partial charge in [0.2, 0.25) is 0 Å². The second kappa shape index (κ2) is 10.8. The molecule has 0 aliphatic heterocycles. The summed E-state index contributed by atoms with van der Waals surface area (Å²) in [6.45, 7) is 23.1. The van der Waals surface area contributed by atoms with Crippen LogP contribution >= 0.6 is 17.0 Å². The molecule has 0 unspecified atom stereocenters. The van der Waals surface area contributed by atoms with Crippen LogP contribution in [0.15, 0.2) is 42.5 Å².